The molecule has 0 aliphatic carbocycles. The summed E-state index contributed by atoms with van der Waals surface area (Å²) in [5, 5.41) is 0. The Bertz CT molecular complexity index is 201. The van der Waals surface area contributed by atoms with Gasteiger partial charge in [0.15, 0.2) is 0 Å². The monoisotopic (exact) mass is 137 g/mol. The fourth-order valence-corrected chi connectivity index (χ4v) is 0.834. The summed E-state index contributed by atoms with van der Waals surface area (Å²) in [6, 6.07) is 3.93. The fraction of sp³-hybridized carbons (Fsp3) is 0.375. The van der Waals surface area contributed by atoms with Crippen molar-refractivity contribution >= 4 is 5.78 Å². The van der Waals surface area contributed by atoms with Crippen LogP contribution in [0.2, 0.25) is 0 Å². The van der Waals surface area contributed by atoms with Crippen molar-refractivity contribution in [2.75, 3.05) is 0 Å². The standard InChI is InChI=1S/C8H11NO/c1-7(10)4-5-8-3-2-6-9-8/h2-3,6,9H,4-5H2,1H3. The summed E-state index contributed by atoms with van der Waals surface area (Å²) < 4.78 is 0. The molecule has 54 valence electrons. The molecule has 0 fully saturated rings. The normalized spacial score (nSPS) is 9.70. The van der Waals surface area contributed by atoms with Crippen molar-refractivity contribution < 1.29 is 4.79 Å². The van der Waals surface area contributed by atoms with E-state index in [1.807, 2.05) is 18.3 Å². The number of aromatic amines is 1. The van der Waals surface area contributed by atoms with Crippen LogP contribution in [0.5, 0.6) is 0 Å². The Kier molecular flexibility index (Phi) is 2.26. The van der Waals surface area contributed by atoms with Gasteiger partial charge >= 0.3 is 0 Å². The second-order valence-corrected chi connectivity index (χ2v) is 2.40. The molecule has 0 aliphatic rings. The summed E-state index contributed by atoms with van der Waals surface area (Å²) in [6.45, 7) is 1.61. The Morgan fingerprint density at radius 2 is 2.50 bits per heavy atom. The third-order valence-electron chi connectivity index (χ3n) is 1.41. The van der Waals surface area contributed by atoms with Crippen LogP contribution in [0.4, 0.5) is 0 Å². The first-order valence-electron chi connectivity index (χ1n) is 3.41. The summed E-state index contributed by atoms with van der Waals surface area (Å²) in [7, 11) is 0. The molecule has 1 N–H and O–H groups in total. The summed E-state index contributed by atoms with van der Waals surface area (Å²) in [5.74, 6) is 0.245. The Hall–Kier alpha value is -1.05. The average molecular weight is 137 g/mol. The number of hydrogen-bond donors (Lipinski definition) is 1. The Balaban J connectivity index is 2.35. The lowest BCUT2D eigenvalue weighted by molar-refractivity contribution is -0.116. The van der Waals surface area contributed by atoms with Crippen LogP contribution in [0, 0.1) is 0 Å². The highest BCUT2D eigenvalue weighted by Gasteiger charge is 1.94. The highest BCUT2D eigenvalue weighted by atomic mass is 16.1. The Labute approximate surface area is 60.3 Å². The zero-order valence-electron chi connectivity index (χ0n) is 6.05. The second-order valence-electron chi connectivity index (χ2n) is 2.40. The molecule has 10 heavy (non-hydrogen) atoms. The maximum absolute atomic E-state index is 10.5. The van der Waals surface area contributed by atoms with E-state index in [4.69, 9.17) is 0 Å². The van der Waals surface area contributed by atoms with Gasteiger partial charge in [0.1, 0.15) is 5.78 Å². The number of carbonyl (C=O) groups excluding carboxylic acids is 1. The molecule has 0 unspecified atom stereocenters. The molecule has 0 saturated heterocycles. The highest BCUT2D eigenvalue weighted by molar-refractivity contribution is 5.75. The second kappa shape index (κ2) is 3.20. The van der Waals surface area contributed by atoms with Crippen molar-refractivity contribution in [2.45, 2.75) is 19.8 Å². The first-order chi connectivity index (χ1) is 4.79. The fourth-order valence-electron chi connectivity index (χ4n) is 0.834. The van der Waals surface area contributed by atoms with Crippen LogP contribution in [-0.2, 0) is 11.2 Å². The van der Waals surface area contributed by atoms with Gasteiger partial charge in [-0.1, -0.05) is 0 Å². The number of hydrogen-bond acceptors (Lipinski definition) is 1. The number of Topliss-reactive ketones (excluding diaryl/α,β-unsaturated/α-hetero) is 1. The van der Waals surface area contributed by atoms with E-state index in [2.05, 4.69) is 4.98 Å². The van der Waals surface area contributed by atoms with Crippen molar-refractivity contribution in [3.05, 3.63) is 24.0 Å². The first kappa shape index (κ1) is 7.06. The minimum atomic E-state index is 0.245. The van der Waals surface area contributed by atoms with Gasteiger partial charge in [0.2, 0.25) is 0 Å². The summed E-state index contributed by atoms with van der Waals surface area (Å²) >= 11 is 0. The smallest absolute Gasteiger partial charge is 0.130 e. The van der Waals surface area contributed by atoms with E-state index >= 15 is 0 Å². The van der Waals surface area contributed by atoms with E-state index in [0.29, 0.717) is 6.42 Å². The predicted octanol–water partition coefficient (Wildman–Crippen LogP) is 1.54. The average Bonchev–Trinajstić information content (AvgIpc) is 2.34. The quantitative estimate of drug-likeness (QED) is 0.673. The predicted molar refractivity (Wildman–Crippen MR) is 39.8 cm³/mol. The first-order valence-corrected chi connectivity index (χ1v) is 3.41. The zero-order valence-corrected chi connectivity index (χ0v) is 6.05. The lowest BCUT2D eigenvalue weighted by Gasteiger charge is -1.91. The maximum Gasteiger partial charge on any atom is 0.130 e. The van der Waals surface area contributed by atoms with Crippen LogP contribution < -0.4 is 0 Å². The van der Waals surface area contributed by atoms with Gasteiger partial charge in [-0.05, 0) is 25.5 Å². The molecule has 0 aliphatic heterocycles. The number of H-pyrrole nitrogens is 1. The summed E-state index contributed by atoms with van der Waals surface area (Å²) in [4.78, 5) is 13.6. The van der Waals surface area contributed by atoms with Crippen molar-refractivity contribution in [1.29, 1.82) is 0 Å². The molecule has 0 atom stereocenters. The molecule has 0 amide bonds. The van der Waals surface area contributed by atoms with Crippen LogP contribution in [-0.4, -0.2) is 10.8 Å². The van der Waals surface area contributed by atoms with Gasteiger partial charge in [0, 0.05) is 18.3 Å². The molecule has 0 spiro atoms. The van der Waals surface area contributed by atoms with Crippen molar-refractivity contribution in [3.63, 3.8) is 0 Å². The van der Waals surface area contributed by atoms with E-state index in [0.717, 1.165) is 12.1 Å². The number of aromatic nitrogens is 1. The number of ketones is 1. The zero-order chi connectivity index (χ0) is 7.40. The number of nitrogens with one attached hydrogen (secondary N) is 1. The van der Waals surface area contributed by atoms with Crippen molar-refractivity contribution in [1.82, 2.24) is 4.98 Å². The number of aryl methyl sites for hydroxylation is 1. The minimum absolute atomic E-state index is 0.245. The van der Waals surface area contributed by atoms with Gasteiger partial charge in [-0.2, -0.15) is 0 Å². The van der Waals surface area contributed by atoms with E-state index in [9.17, 15) is 4.79 Å². The van der Waals surface area contributed by atoms with Gasteiger partial charge in [-0.25, -0.2) is 0 Å². The van der Waals surface area contributed by atoms with Crippen LogP contribution in [0.3, 0.4) is 0 Å². The van der Waals surface area contributed by atoms with Gasteiger partial charge in [0.05, 0.1) is 0 Å². The maximum atomic E-state index is 10.5. The molecular formula is C8H11NO. The van der Waals surface area contributed by atoms with Crippen LogP contribution in [0.25, 0.3) is 0 Å². The van der Waals surface area contributed by atoms with Gasteiger partial charge in [0.25, 0.3) is 0 Å². The lowest BCUT2D eigenvalue weighted by atomic mass is 10.2. The minimum Gasteiger partial charge on any atom is -0.365 e. The van der Waals surface area contributed by atoms with Crippen molar-refractivity contribution in [2.24, 2.45) is 0 Å². The Morgan fingerprint density at radius 3 is 3.00 bits per heavy atom. The number of carbonyl (C=O) groups is 1. The molecule has 2 nitrogen and oxygen atoms in total. The largest absolute Gasteiger partial charge is 0.365 e. The molecule has 2 heteroatoms. The highest BCUT2D eigenvalue weighted by Crippen LogP contribution is 1.98. The van der Waals surface area contributed by atoms with E-state index in [1.54, 1.807) is 6.92 Å². The molecular weight excluding hydrogens is 126 g/mol. The molecule has 0 aromatic carbocycles. The molecule has 1 aromatic heterocycles. The van der Waals surface area contributed by atoms with Crippen LogP contribution >= 0.6 is 0 Å². The van der Waals surface area contributed by atoms with Gasteiger partial charge in [-0.3, -0.25) is 0 Å². The van der Waals surface area contributed by atoms with E-state index < -0.39 is 0 Å². The summed E-state index contributed by atoms with van der Waals surface area (Å²) in [6.07, 6.45) is 3.35. The molecule has 0 bridgehead atoms. The molecule has 1 aromatic rings. The lowest BCUT2D eigenvalue weighted by Crippen LogP contribution is -1.93. The number of rotatable bonds is 3. The van der Waals surface area contributed by atoms with Crippen LogP contribution in [0.1, 0.15) is 19.0 Å². The Morgan fingerprint density at radius 1 is 1.70 bits per heavy atom. The van der Waals surface area contributed by atoms with Gasteiger partial charge in [-0.15, -0.1) is 0 Å². The third-order valence-corrected chi connectivity index (χ3v) is 1.41. The van der Waals surface area contributed by atoms with Crippen LogP contribution in [0.15, 0.2) is 18.3 Å². The van der Waals surface area contributed by atoms with E-state index in [-0.39, 0.29) is 5.78 Å². The summed E-state index contributed by atoms with van der Waals surface area (Å²) in [5.41, 5.74) is 1.13. The topological polar surface area (TPSA) is 32.9 Å². The molecule has 1 heterocycles. The molecule has 0 saturated carbocycles. The van der Waals surface area contributed by atoms with E-state index in [1.165, 1.54) is 0 Å². The molecule has 0 radical (unpaired) electrons. The molecule has 1 rings (SSSR count). The van der Waals surface area contributed by atoms with Gasteiger partial charge < -0.3 is 9.78 Å². The third kappa shape index (κ3) is 2.05. The SMILES string of the molecule is CC(=O)CCc1ccc[nH]1. The van der Waals surface area contributed by atoms with Crippen molar-refractivity contribution in [3.8, 4) is 0 Å².